The minimum Gasteiger partial charge on any atom is -0.392 e. The largest absolute Gasteiger partial charge is 0.392 e. The summed E-state index contributed by atoms with van der Waals surface area (Å²) in [4.78, 5) is 29.3. The van der Waals surface area contributed by atoms with Gasteiger partial charge in [-0.3, -0.25) is 9.59 Å². The van der Waals surface area contributed by atoms with E-state index in [1.165, 1.54) is 12.2 Å². The van der Waals surface area contributed by atoms with Crippen molar-refractivity contribution in [2.24, 2.45) is 0 Å². The summed E-state index contributed by atoms with van der Waals surface area (Å²) >= 11 is 0. The zero-order chi connectivity index (χ0) is 21.2. The average molecular weight is 407 g/mol. The summed E-state index contributed by atoms with van der Waals surface area (Å²) in [7, 11) is 0. The number of aliphatic hydroxyl groups excluding tert-OH is 1. The van der Waals surface area contributed by atoms with Crippen LogP contribution < -0.4 is 5.48 Å². The summed E-state index contributed by atoms with van der Waals surface area (Å²) in [5, 5.41) is 9.17. The van der Waals surface area contributed by atoms with E-state index in [0.717, 1.165) is 30.4 Å². The minimum atomic E-state index is -0.379. The van der Waals surface area contributed by atoms with E-state index in [-0.39, 0.29) is 24.6 Å². The predicted octanol–water partition coefficient (Wildman–Crippen LogP) is 3.66. The van der Waals surface area contributed by atoms with Gasteiger partial charge in [0.2, 0.25) is 0 Å². The van der Waals surface area contributed by atoms with Gasteiger partial charge in [-0.15, -0.1) is 0 Å². The quantitative estimate of drug-likeness (QED) is 0.396. The second-order valence-corrected chi connectivity index (χ2v) is 6.94. The lowest BCUT2D eigenvalue weighted by Crippen LogP contribution is -2.32. The zero-order valence-electron chi connectivity index (χ0n) is 16.6. The molecule has 30 heavy (non-hydrogen) atoms. The van der Waals surface area contributed by atoms with Crippen molar-refractivity contribution in [1.82, 2.24) is 5.48 Å². The molecule has 1 unspecified atom stereocenters. The monoisotopic (exact) mass is 407 g/mol. The van der Waals surface area contributed by atoms with E-state index in [9.17, 15) is 14.7 Å². The highest BCUT2D eigenvalue weighted by Crippen LogP contribution is 2.13. The molecule has 156 valence electrons. The van der Waals surface area contributed by atoms with Crippen LogP contribution in [-0.2, 0) is 21.0 Å². The van der Waals surface area contributed by atoms with E-state index >= 15 is 0 Å². The third-order valence-electron chi connectivity index (χ3n) is 4.61. The summed E-state index contributed by atoms with van der Waals surface area (Å²) in [6, 6.07) is 14.3. The molecule has 1 heterocycles. The van der Waals surface area contributed by atoms with Gasteiger partial charge in [0.15, 0.2) is 12.1 Å². The highest BCUT2D eigenvalue weighted by molar-refractivity contribution is 6.06. The van der Waals surface area contributed by atoms with Gasteiger partial charge in [-0.05, 0) is 47.8 Å². The Balaban J connectivity index is 1.50. The summed E-state index contributed by atoms with van der Waals surface area (Å²) in [6.45, 7) is 0.552. The molecule has 1 atom stereocenters. The molecule has 0 bridgehead atoms. The molecule has 1 aliphatic rings. The van der Waals surface area contributed by atoms with Crippen LogP contribution in [0.3, 0.4) is 0 Å². The summed E-state index contributed by atoms with van der Waals surface area (Å²) in [6.07, 6.45) is 8.74. The van der Waals surface area contributed by atoms with Gasteiger partial charge in [0.05, 0.1) is 6.61 Å². The average Bonchev–Trinajstić information content (AvgIpc) is 2.81. The van der Waals surface area contributed by atoms with Gasteiger partial charge in [-0.2, -0.15) is 0 Å². The molecular formula is C24H25NO5. The number of carbonyl (C=O) groups excluding carboxylic acids is 2. The maximum Gasteiger partial charge on any atom is 0.267 e. The van der Waals surface area contributed by atoms with Crippen LogP contribution in [0.2, 0.25) is 0 Å². The molecule has 1 aliphatic heterocycles. The third kappa shape index (κ3) is 6.77. The number of carbonyl (C=O) groups is 2. The van der Waals surface area contributed by atoms with Crippen LogP contribution in [0, 0.1) is 0 Å². The van der Waals surface area contributed by atoms with Gasteiger partial charge in [-0.1, -0.05) is 48.5 Å². The number of hydroxylamine groups is 1. The fourth-order valence-corrected chi connectivity index (χ4v) is 2.94. The number of allylic oxidation sites excluding steroid dienone is 1. The minimum absolute atomic E-state index is 0.0989. The van der Waals surface area contributed by atoms with Crippen molar-refractivity contribution >= 4 is 23.8 Å². The standard InChI is InChI=1S/C24H25NO5/c26-17-20-4-3-5-21(16-20)22(27)13-11-18-7-9-19(10-8-18)12-14-23(28)25-30-24-6-1-2-15-29-24/h3-5,7-14,16,24,26H,1-2,6,15,17H2,(H,25,28)/b13-11+,14-12+. The molecule has 6 heteroatoms. The van der Waals surface area contributed by atoms with Gasteiger partial charge >= 0.3 is 0 Å². The molecule has 1 amide bonds. The first kappa shape index (κ1) is 21.6. The van der Waals surface area contributed by atoms with Gasteiger partial charge in [0.25, 0.3) is 5.91 Å². The highest BCUT2D eigenvalue weighted by Gasteiger charge is 2.14. The lowest BCUT2D eigenvalue weighted by Gasteiger charge is -2.21. The molecular weight excluding hydrogens is 382 g/mol. The summed E-state index contributed by atoms with van der Waals surface area (Å²) in [5.74, 6) is -0.489. The first-order valence-corrected chi connectivity index (χ1v) is 9.91. The zero-order valence-corrected chi connectivity index (χ0v) is 16.6. The van der Waals surface area contributed by atoms with E-state index in [2.05, 4.69) is 5.48 Å². The Kier molecular flexibility index (Phi) is 8.09. The fraction of sp³-hybridized carbons (Fsp3) is 0.250. The SMILES string of the molecule is O=C(/C=C/c1ccc(/C=C/C(=O)c2cccc(CO)c2)cc1)NOC1CCCCO1. The third-order valence-corrected chi connectivity index (χ3v) is 4.61. The molecule has 2 aromatic carbocycles. The predicted molar refractivity (Wildman–Crippen MR) is 114 cm³/mol. The number of aliphatic hydroxyl groups is 1. The second-order valence-electron chi connectivity index (χ2n) is 6.94. The Morgan fingerprint density at radius 1 is 1.07 bits per heavy atom. The Morgan fingerprint density at radius 2 is 1.80 bits per heavy atom. The highest BCUT2D eigenvalue weighted by atomic mass is 16.8. The summed E-state index contributed by atoms with van der Waals surface area (Å²) < 4.78 is 5.38. The fourth-order valence-electron chi connectivity index (χ4n) is 2.94. The maximum absolute atomic E-state index is 12.3. The Bertz CT molecular complexity index is 911. The van der Waals surface area contributed by atoms with Crippen molar-refractivity contribution in [1.29, 1.82) is 0 Å². The van der Waals surface area contributed by atoms with Crippen molar-refractivity contribution in [2.45, 2.75) is 32.2 Å². The molecule has 1 fully saturated rings. The topological polar surface area (TPSA) is 84.9 Å². The number of nitrogens with one attached hydrogen (secondary N) is 1. The first-order chi connectivity index (χ1) is 14.6. The smallest absolute Gasteiger partial charge is 0.267 e. The van der Waals surface area contributed by atoms with Crippen molar-refractivity contribution < 1.29 is 24.3 Å². The molecule has 1 saturated heterocycles. The maximum atomic E-state index is 12.3. The van der Waals surface area contributed by atoms with Crippen LogP contribution in [0.15, 0.2) is 60.7 Å². The molecule has 2 N–H and O–H groups in total. The molecule has 0 saturated carbocycles. The van der Waals surface area contributed by atoms with E-state index in [1.807, 2.05) is 24.3 Å². The Morgan fingerprint density at radius 3 is 2.47 bits per heavy atom. The van der Waals surface area contributed by atoms with Crippen molar-refractivity contribution in [2.75, 3.05) is 6.61 Å². The van der Waals surface area contributed by atoms with Crippen molar-refractivity contribution in [3.63, 3.8) is 0 Å². The van der Waals surface area contributed by atoms with Crippen LogP contribution in [-0.4, -0.2) is 29.7 Å². The van der Waals surface area contributed by atoms with Gasteiger partial charge < -0.3 is 9.84 Å². The van der Waals surface area contributed by atoms with Gasteiger partial charge in [-0.25, -0.2) is 10.3 Å². The van der Waals surface area contributed by atoms with Crippen LogP contribution >= 0.6 is 0 Å². The first-order valence-electron chi connectivity index (χ1n) is 9.91. The number of ketones is 1. The van der Waals surface area contributed by atoms with E-state index in [1.54, 1.807) is 36.4 Å². The van der Waals surface area contributed by atoms with Crippen LogP contribution in [0.5, 0.6) is 0 Å². The Hall–Kier alpha value is -3.06. The molecule has 0 aliphatic carbocycles. The number of hydrogen-bond acceptors (Lipinski definition) is 5. The lowest BCUT2D eigenvalue weighted by molar-refractivity contribution is -0.198. The molecule has 2 aromatic rings. The number of ether oxygens (including phenoxy) is 1. The lowest BCUT2D eigenvalue weighted by atomic mass is 10.1. The normalized spacial score (nSPS) is 16.8. The number of amides is 1. The molecule has 0 aromatic heterocycles. The van der Waals surface area contributed by atoms with Crippen LogP contribution in [0.25, 0.3) is 12.2 Å². The Labute approximate surface area is 175 Å². The van der Waals surface area contributed by atoms with E-state index in [4.69, 9.17) is 9.57 Å². The van der Waals surface area contributed by atoms with Crippen molar-refractivity contribution in [3.05, 3.63) is 82.9 Å². The van der Waals surface area contributed by atoms with Crippen molar-refractivity contribution in [3.8, 4) is 0 Å². The molecule has 3 rings (SSSR count). The van der Waals surface area contributed by atoms with Crippen LogP contribution in [0.4, 0.5) is 0 Å². The van der Waals surface area contributed by atoms with Gasteiger partial charge in [0, 0.05) is 24.7 Å². The number of rotatable bonds is 8. The van der Waals surface area contributed by atoms with Crippen LogP contribution in [0.1, 0.15) is 46.3 Å². The second kappa shape index (κ2) is 11.2. The van der Waals surface area contributed by atoms with E-state index < -0.39 is 0 Å². The summed E-state index contributed by atoms with van der Waals surface area (Å²) in [5.41, 5.74) is 5.31. The molecule has 0 radical (unpaired) electrons. The van der Waals surface area contributed by atoms with E-state index in [0.29, 0.717) is 17.7 Å². The molecule has 0 spiro atoms. The molecule has 6 nitrogen and oxygen atoms in total. The number of hydrogen-bond donors (Lipinski definition) is 2. The van der Waals surface area contributed by atoms with Gasteiger partial charge in [0.1, 0.15) is 0 Å². The number of benzene rings is 2.